The van der Waals surface area contributed by atoms with Crippen molar-refractivity contribution >= 4 is 5.78 Å². The van der Waals surface area contributed by atoms with Gasteiger partial charge in [0, 0.05) is 18.4 Å². The van der Waals surface area contributed by atoms with Crippen LogP contribution in [0.15, 0.2) is 24.3 Å². The van der Waals surface area contributed by atoms with E-state index in [1.807, 2.05) is 12.1 Å². The van der Waals surface area contributed by atoms with Gasteiger partial charge in [0.25, 0.3) is 0 Å². The molecule has 0 aliphatic carbocycles. The molecule has 1 fully saturated rings. The maximum absolute atomic E-state index is 12.2. The largest absolute Gasteiger partial charge is 0.316 e. The van der Waals surface area contributed by atoms with E-state index in [2.05, 4.69) is 31.3 Å². The molecule has 0 amide bonds. The third-order valence-corrected chi connectivity index (χ3v) is 3.65. The van der Waals surface area contributed by atoms with E-state index >= 15 is 0 Å². The highest BCUT2D eigenvalue weighted by Crippen LogP contribution is 2.27. The number of aryl methyl sites for hydroxylation is 1. The summed E-state index contributed by atoms with van der Waals surface area (Å²) in [5.41, 5.74) is 2.23. The van der Waals surface area contributed by atoms with Crippen molar-refractivity contribution in [3.8, 4) is 0 Å². The number of rotatable bonds is 3. The Kier molecular flexibility index (Phi) is 3.10. The first-order valence-corrected chi connectivity index (χ1v) is 5.90. The van der Waals surface area contributed by atoms with Crippen LogP contribution in [0.5, 0.6) is 0 Å². The van der Waals surface area contributed by atoms with Crippen LogP contribution in [-0.4, -0.2) is 18.9 Å². The van der Waals surface area contributed by atoms with Gasteiger partial charge >= 0.3 is 0 Å². The summed E-state index contributed by atoms with van der Waals surface area (Å²) in [5.74, 6) is 0.367. The molecule has 1 atom stereocenters. The minimum Gasteiger partial charge on any atom is -0.316 e. The quantitative estimate of drug-likeness (QED) is 0.840. The monoisotopic (exact) mass is 217 g/mol. The highest BCUT2D eigenvalue weighted by molar-refractivity contribution is 5.87. The Morgan fingerprint density at radius 2 is 2.19 bits per heavy atom. The Bertz CT molecular complexity index is 391. The van der Waals surface area contributed by atoms with Crippen LogP contribution in [0.3, 0.4) is 0 Å². The van der Waals surface area contributed by atoms with Gasteiger partial charge in [-0.1, -0.05) is 31.2 Å². The number of carbonyl (C=O) groups excluding carboxylic acids is 1. The average Bonchev–Trinajstić information content (AvgIpc) is 2.70. The summed E-state index contributed by atoms with van der Waals surface area (Å²) >= 11 is 0. The van der Waals surface area contributed by atoms with Crippen molar-refractivity contribution in [3.05, 3.63) is 35.4 Å². The maximum Gasteiger partial charge on any atom is 0.144 e. The molecule has 0 bridgehead atoms. The molecule has 1 aromatic carbocycles. The molecular formula is C14H19NO. The minimum atomic E-state index is -0.151. The minimum absolute atomic E-state index is 0.151. The number of hydrogen-bond acceptors (Lipinski definition) is 2. The first-order valence-electron chi connectivity index (χ1n) is 5.90. The van der Waals surface area contributed by atoms with E-state index in [4.69, 9.17) is 0 Å². The van der Waals surface area contributed by atoms with Gasteiger partial charge in [0.05, 0.1) is 0 Å². The van der Waals surface area contributed by atoms with Crippen LogP contribution in [0.1, 0.15) is 24.5 Å². The van der Waals surface area contributed by atoms with Crippen molar-refractivity contribution < 1.29 is 4.79 Å². The number of Topliss-reactive ketones (excluding diaryl/α,β-unsaturated/α-hetero) is 1. The van der Waals surface area contributed by atoms with Gasteiger partial charge in [-0.3, -0.25) is 4.79 Å². The maximum atomic E-state index is 12.2. The summed E-state index contributed by atoms with van der Waals surface area (Å²) < 4.78 is 0. The van der Waals surface area contributed by atoms with Crippen LogP contribution < -0.4 is 5.32 Å². The first kappa shape index (κ1) is 11.3. The van der Waals surface area contributed by atoms with Crippen molar-refractivity contribution in [2.75, 3.05) is 13.1 Å². The van der Waals surface area contributed by atoms with Gasteiger partial charge in [0.15, 0.2) is 0 Å². The van der Waals surface area contributed by atoms with E-state index in [0.29, 0.717) is 12.2 Å². The zero-order chi connectivity index (χ0) is 11.6. The van der Waals surface area contributed by atoms with E-state index in [-0.39, 0.29) is 5.41 Å². The standard InChI is InChI=1S/C14H19NO/c1-11-5-3-4-6-12(11)9-13(16)14(2)7-8-15-10-14/h3-6,15H,7-10H2,1-2H3. The van der Waals surface area contributed by atoms with Gasteiger partial charge < -0.3 is 5.32 Å². The summed E-state index contributed by atoms with van der Waals surface area (Å²) in [7, 11) is 0. The lowest BCUT2D eigenvalue weighted by atomic mass is 9.81. The molecule has 0 saturated carbocycles. The predicted octanol–water partition coefficient (Wildman–Crippen LogP) is 2.11. The topological polar surface area (TPSA) is 29.1 Å². The Labute approximate surface area is 97.1 Å². The highest BCUT2D eigenvalue weighted by Gasteiger charge is 2.35. The van der Waals surface area contributed by atoms with E-state index in [1.165, 1.54) is 11.1 Å². The number of hydrogen-bond donors (Lipinski definition) is 1. The van der Waals surface area contributed by atoms with Gasteiger partial charge in [-0.05, 0) is 31.0 Å². The first-order chi connectivity index (χ1) is 7.62. The number of benzene rings is 1. The van der Waals surface area contributed by atoms with Crippen LogP contribution in [0.25, 0.3) is 0 Å². The summed E-state index contributed by atoms with van der Waals surface area (Å²) in [6, 6.07) is 8.14. The summed E-state index contributed by atoms with van der Waals surface area (Å²) in [6.07, 6.45) is 1.54. The molecule has 2 rings (SSSR count). The lowest BCUT2D eigenvalue weighted by Crippen LogP contribution is -2.31. The number of nitrogens with one attached hydrogen (secondary N) is 1. The third-order valence-electron chi connectivity index (χ3n) is 3.65. The second-order valence-corrected chi connectivity index (χ2v) is 5.01. The van der Waals surface area contributed by atoms with Crippen molar-refractivity contribution in [2.45, 2.75) is 26.7 Å². The highest BCUT2D eigenvalue weighted by atomic mass is 16.1. The Hall–Kier alpha value is -1.15. The molecule has 1 aliphatic rings. The average molecular weight is 217 g/mol. The zero-order valence-corrected chi connectivity index (χ0v) is 10.0. The SMILES string of the molecule is Cc1ccccc1CC(=O)C1(C)CCNC1. The normalized spacial score (nSPS) is 24.6. The van der Waals surface area contributed by atoms with Crippen LogP contribution in [0.2, 0.25) is 0 Å². The lowest BCUT2D eigenvalue weighted by molar-refractivity contribution is -0.126. The van der Waals surface area contributed by atoms with Gasteiger partial charge in [0.2, 0.25) is 0 Å². The molecule has 0 spiro atoms. The van der Waals surface area contributed by atoms with Gasteiger partial charge in [-0.2, -0.15) is 0 Å². The molecule has 2 nitrogen and oxygen atoms in total. The van der Waals surface area contributed by atoms with E-state index in [1.54, 1.807) is 0 Å². The second kappa shape index (κ2) is 4.38. The molecule has 86 valence electrons. The van der Waals surface area contributed by atoms with E-state index in [9.17, 15) is 4.79 Å². The number of carbonyl (C=O) groups is 1. The van der Waals surface area contributed by atoms with Gasteiger partial charge in [0.1, 0.15) is 5.78 Å². The fourth-order valence-corrected chi connectivity index (χ4v) is 2.25. The van der Waals surface area contributed by atoms with Crippen molar-refractivity contribution in [1.29, 1.82) is 0 Å². The predicted molar refractivity (Wildman–Crippen MR) is 65.5 cm³/mol. The summed E-state index contributed by atoms with van der Waals surface area (Å²) in [6.45, 7) is 5.94. The van der Waals surface area contributed by atoms with Crippen LogP contribution >= 0.6 is 0 Å². The molecular weight excluding hydrogens is 198 g/mol. The molecule has 2 heteroatoms. The molecule has 1 N–H and O–H groups in total. The number of ketones is 1. The smallest absolute Gasteiger partial charge is 0.144 e. The molecule has 1 saturated heterocycles. The van der Waals surface area contributed by atoms with Crippen molar-refractivity contribution in [2.24, 2.45) is 5.41 Å². The van der Waals surface area contributed by atoms with Crippen LogP contribution in [-0.2, 0) is 11.2 Å². The molecule has 1 unspecified atom stereocenters. The lowest BCUT2D eigenvalue weighted by Gasteiger charge is -2.21. The van der Waals surface area contributed by atoms with Gasteiger partial charge in [-0.15, -0.1) is 0 Å². The van der Waals surface area contributed by atoms with E-state index in [0.717, 1.165) is 19.5 Å². The third kappa shape index (κ3) is 2.17. The molecule has 1 aliphatic heterocycles. The fraction of sp³-hybridized carbons (Fsp3) is 0.500. The molecule has 0 radical (unpaired) electrons. The van der Waals surface area contributed by atoms with Gasteiger partial charge in [-0.25, -0.2) is 0 Å². The molecule has 16 heavy (non-hydrogen) atoms. The molecule has 0 aromatic heterocycles. The molecule has 1 aromatic rings. The van der Waals surface area contributed by atoms with Crippen LogP contribution in [0.4, 0.5) is 0 Å². The Morgan fingerprint density at radius 1 is 1.44 bits per heavy atom. The Balaban J connectivity index is 2.10. The second-order valence-electron chi connectivity index (χ2n) is 5.01. The summed E-state index contributed by atoms with van der Waals surface area (Å²) in [4.78, 5) is 12.2. The summed E-state index contributed by atoms with van der Waals surface area (Å²) in [5, 5.41) is 3.27. The van der Waals surface area contributed by atoms with E-state index < -0.39 is 0 Å². The molecule has 1 heterocycles. The van der Waals surface area contributed by atoms with Crippen LogP contribution in [0, 0.1) is 12.3 Å². The van der Waals surface area contributed by atoms with Crippen molar-refractivity contribution in [1.82, 2.24) is 5.32 Å². The Morgan fingerprint density at radius 3 is 2.81 bits per heavy atom. The van der Waals surface area contributed by atoms with Crippen molar-refractivity contribution in [3.63, 3.8) is 0 Å². The zero-order valence-electron chi connectivity index (χ0n) is 10.0. The fourth-order valence-electron chi connectivity index (χ4n) is 2.25.